The van der Waals surface area contributed by atoms with Gasteiger partial charge in [0.15, 0.2) is 0 Å². The molecule has 0 saturated heterocycles. The lowest BCUT2D eigenvalue weighted by Crippen LogP contribution is -2.29. The molecule has 0 amide bonds. The zero-order valence-electron chi connectivity index (χ0n) is 10.3. The van der Waals surface area contributed by atoms with E-state index in [1.807, 2.05) is 11.3 Å². The molecule has 0 spiro atoms. The number of hydrogen-bond donors (Lipinski definition) is 2. The van der Waals surface area contributed by atoms with E-state index in [1.54, 1.807) is 0 Å². The second-order valence-corrected chi connectivity index (χ2v) is 7.47. The van der Waals surface area contributed by atoms with Gasteiger partial charge in [0, 0.05) is 4.88 Å². The van der Waals surface area contributed by atoms with Crippen LogP contribution in [0.25, 0.3) is 0 Å². The fourth-order valence-corrected chi connectivity index (χ4v) is 4.32. The third-order valence-corrected chi connectivity index (χ3v) is 5.96. The van der Waals surface area contributed by atoms with Crippen molar-refractivity contribution in [3.63, 3.8) is 0 Å². The van der Waals surface area contributed by atoms with Gasteiger partial charge >= 0.3 is 0 Å². The standard InChI is InChI=1S/C13H21BrN2S/c1-9-7-12(17-13(9)14)11(16-15)8-10-5-3-2-4-6-10/h7,10-11,16H,2-6,8,15H2,1H3. The summed E-state index contributed by atoms with van der Waals surface area (Å²) in [6.45, 7) is 2.14. The molecule has 1 unspecified atom stereocenters. The molecule has 2 nitrogen and oxygen atoms in total. The normalized spacial score (nSPS) is 19.5. The third kappa shape index (κ3) is 3.53. The number of aryl methyl sites for hydroxylation is 1. The summed E-state index contributed by atoms with van der Waals surface area (Å²) in [5.41, 5.74) is 4.31. The molecule has 1 fully saturated rings. The van der Waals surface area contributed by atoms with Gasteiger partial charge in [-0.1, -0.05) is 32.1 Å². The Hall–Kier alpha value is 0.100. The van der Waals surface area contributed by atoms with E-state index in [0.29, 0.717) is 6.04 Å². The Morgan fingerprint density at radius 3 is 2.71 bits per heavy atom. The molecule has 3 N–H and O–H groups in total. The summed E-state index contributed by atoms with van der Waals surface area (Å²) in [6, 6.07) is 2.58. The van der Waals surface area contributed by atoms with Gasteiger partial charge in [-0.05, 0) is 46.8 Å². The Morgan fingerprint density at radius 2 is 2.18 bits per heavy atom. The Morgan fingerprint density at radius 1 is 1.47 bits per heavy atom. The molecule has 1 aromatic rings. The highest BCUT2D eigenvalue weighted by atomic mass is 79.9. The molecule has 0 aliphatic heterocycles. The fraction of sp³-hybridized carbons (Fsp3) is 0.692. The maximum absolute atomic E-state index is 5.72. The lowest BCUT2D eigenvalue weighted by Gasteiger charge is -2.25. The quantitative estimate of drug-likeness (QED) is 0.642. The second kappa shape index (κ2) is 6.32. The Balaban J connectivity index is 2.00. The van der Waals surface area contributed by atoms with Crippen LogP contribution in [0.5, 0.6) is 0 Å². The van der Waals surface area contributed by atoms with E-state index in [2.05, 4.69) is 34.3 Å². The van der Waals surface area contributed by atoms with Gasteiger partial charge in [-0.2, -0.15) is 0 Å². The summed E-state index contributed by atoms with van der Waals surface area (Å²) in [6.07, 6.45) is 8.15. The summed E-state index contributed by atoms with van der Waals surface area (Å²) in [5, 5.41) is 0. The minimum Gasteiger partial charge on any atom is -0.271 e. The first-order valence-corrected chi connectivity index (χ1v) is 8.03. The number of thiophene rings is 1. The van der Waals surface area contributed by atoms with Crippen molar-refractivity contribution in [2.75, 3.05) is 0 Å². The van der Waals surface area contributed by atoms with Crippen LogP contribution in [0.3, 0.4) is 0 Å². The summed E-state index contributed by atoms with van der Waals surface area (Å²) in [4.78, 5) is 1.36. The number of rotatable bonds is 4. The highest BCUT2D eigenvalue weighted by Crippen LogP contribution is 2.36. The Kier molecular flexibility index (Phi) is 5.03. The molecule has 1 aliphatic rings. The molecule has 1 saturated carbocycles. The van der Waals surface area contributed by atoms with Crippen LogP contribution in [0, 0.1) is 12.8 Å². The maximum Gasteiger partial charge on any atom is 0.0731 e. The van der Waals surface area contributed by atoms with E-state index in [1.165, 1.54) is 52.8 Å². The van der Waals surface area contributed by atoms with Crippen LogP contribution < -0.4 is 11.3 Å². The number of nitrogens with two attached hydrogens (primary N) is 1. The van der Waals surface area contributed by atoms with Gasteiger partial charge in [0.25, 0.3) is 0 Å². The van der Waals surface area contributed by atoms with Crippen LogP contribution in [0.2, 0.25) is 0 Å². The predicted molar refractivity (Wildman–Crippen MR) is 78.0 cm³/mol. The summed E-state index contributed by atoms with van der Waals surface area (Å²) < 4.78 is 1.23. The van der Waals surface area contributed by atoms with Gasteiger partial charge in [-0.15, -0.1) is 11.3 Å². The van der Waals surface area contributed by atoms with Crippen molar-refractivity contribution in [3.05, 3.63) is 20.3 Å². The van der Waals surface area contributed by atoms with Crippen LogP contribution in [0.4, 0.5) is 0 Å². The van der Waals surface area contributed by atoms with Gasteiger partial charge in [-0.3, -0.25) is 11.3 Å². The predicted octanol–water partition coefficient (Wildman–Crippen LogP) is 4.29. The molecule has 0 bridgehead atoms. The third-order valence-electron chi connectivity index (χ3n) is 3.71. The smallest absolute Gasteiger partial charge is 0.0731 e. The molecule has 1 atom stereocenters. The van der Waals surface area contributed by atoms with Crippen molar-refractivity contribution in [3.8, 4) is 0 Å². The summed E-state index contributed by atoms with van der Waals surface area (Å²) >= 11 is 5.40. The maximum atomic E-state index is 5.72. The Bertz CT molecular complexity index is 339. The average Bonchev–Trinajstić information content (AvgIpc) is 2.68. The molecule has 17 heavy (non-hydrogen) atoms. The minimum atomic E-state index is 0.327. The number of hydrazine groups is 1. The van der Waals surface area contributed by atoms with Gasteiger partial charge < -0.3 is 0 Å². The molecule has 0 radical (unpaired) electrons. The monoisotopic (exact) mass is 316 g/mol. The zero-order valence-corrected chi connectivity index (χ0v) is 12.7. The van der Waals surface area contributed by atoms with Crippen LogP contribution in [0.15, 0.2) is 9.85 Å². The lowest BCUT2D eigenvalue weighted by atomic mass is 9.84. The van der Waals surface area contributed by atoms with Crippen LogP contribution in [-0.2, 0) is 0 Å². The van der Waals surface area contributed by atoms with Crippen molar-refractivity contribution in [2.45, 2.75) is 51.5 Å². The van der Waals surface area contributed by atoms with E-state index >= 15 is 0 Å². The van der Waals surface area contributed by atoms with E-state index in [4.69, 9.17) is 5.84 Å². The van der Waals surface area contributed by atoms with Crippen molar-refractivity contribution in [1.29, 1.82) is 0 Å². The van der Waals surface area contributed by atoms with Gasteiger partial charge in [0.05, 0.1) is 9.83 Å². The topological polar surface area (TPSA) is 38.0 Å². The minimum absolute atomic E-state index is 0.327. The summed E-state index contributed by atoms with van der Waals surface area (Å²) in [7, 11) is 0. The van der Waals surface area contributed by atoms with Crippen LogP contribution >= 0.6 is 27.3 Å². The molecule has 4 heteroatoms. The van der Waals surface area contributed by atoms with Gasteiger partial charge in [-0.25, -0.2) is 0 Å². The zero-order chi connectivity index (χ0) is 12.3. The molecule has 1 heterocycles. The Labute approximate surface area is 116 Å². The molecule has 1 aromatic heterocycles. The van der Waals surface area contributed by atoms with Crippen LogP contribution in [-0.4, -0.2) is 0 Å². The number of halogens is 1. The van der Waals surface area contributed by atoms with Gasteiger partial charge in [0.1, 0.15) is 0 Å². The number of nitrogens with one attached hydrogen (secondary N) is 1. The van der Waals surface area contributed by atoms with Crippen molar-refractivity contribution < 1.29 is 0 Å². The summed E-state index contributed by atoms with van der Waals surface area (Å²) in [5.74, 6) is 6.58. The molecule has 96 valence electrons. The van der Waals surface area contributed by atoms with E-state index < -0.39 is 0 Å². The van der Waals surface area contributed by atoms with Crippen molar-refractivity contribution >= 4 is 27.3 Å². The van der Waals surface area contributed by atoms with Crippen molar-refractivity contribution in [1.82, 2.24) is 5.43 Å². The second-order valence-electron chi connectivity index (χ2n) is 5.06. The molecule has 2 rings (SSSR count). The molecule has 1 aliphatic carbocycles. The first kappa shape index (κ1) is 13.5. The van der Waals surface area contributed by atoms with Gasteiger partial charge in [0.2, 0.25) is 0 Å². The first-order valence-electron chi connectivity index (χ1n) is 6.42. The van der Waals surface area contributed by atoms with E-state index in [0.717, 1.165) is 5.92 Å². The number of hydrogen-bond acceptors (Lipinski definition) is 3. The average molecular weight is 317 g/mol. The van der Waals surface area contributed by atoms with E-state index in [-0.39, 0.29) is 0 Å². The molecular formula is C13H21BrN2S. The SMILES string of the molecule is Cc1cc(C(CC2CCCCC2)NN)sc1Br. The largest absolute Gasteiger partial charge is 0.271 e. The van der Waals surface area contributed by atoms with Crippen LogP contribution in [0.1, 0.15) is 55.0 Å². The molecular weight excluding hydrogens is 296 g/mol. The first-order chi connectivity index (χ1) is 8.20. The van der Waals surface area contributed by atoms with E-state index in [9.17, 15) is 0 Å². The highest BCUT2D eigenvalue weighted by Gasteiger charge is 2.21. The highest BCUT2D eigenvalue weighted by molar-refractivity contribution is 9.11. The lowest BCUT2D eigenvalue weighted by molar-refractivity contribution is 0.302. The van der Waals surface area contributed by atoms with Crippen molar-refractivity contribution in [2.24, 2.45) is 11.8 Å². The fourth-order valence-electron chi connectivity index (χ4n) is 2.68. The molecule has 0 aromatic carbocycles.